The maximum Gasteiger partial charge on any atom is 0.227 e. The highest BCUT2D eigenvalue weighted by Crippen LogP contribution is 2.45. The quantitative estimate of drug-likeness (QED) is 0.112. The van der Waals surface area contributed by atoms with Crippen molar-refractivity contribution in [3.63, 3.8) is 0 Å². The Morgan fingerprint density at radius 3 is 2.10 bits per heavy atom. The molecule has 0 atom stereocenters. The summed E-state index contributed by atoms with van der Waals surface area (Å²) in [6.07, 6.45) is 4.82. The Bertz CT molecular complexity index is 3160. The van der Waals surface area contributed by atoms with Crippen LogP contribution in [0.5, 0.6) is 0 Å². The van der Waals surface area contributed by atoms with Crippen molar-refractivity contribution in [2.24, 2.45) is 0 Å². The van der Waals surface area contributed by atoms with Gasteiger partial charge in [-0.1, -0.05) is 147 Å². The zero-order valence-corrected chi connectivity index (χ0v) is 33.0. The molecule has 5 heteroatoms. The Hall–Kier alpha value is -7.11. The van der Waals surface area contributed by atoms with Crippen LogP contribution in [0, 0.1) is 0 Å². The molecule has 0 bridgehead atoms. The second-order valence-corrected chi connectivity index (χ2v) is 15.6. The lowest BCUT2D eigenvalue weighted by Crippen LogP contribution is -2.37. The highest BCUT2D eigenvalue weighted by atomic mass is 16.3. The van der Waals surface area contributed by atoms with E-state index in [4.69, 9.17) is 9.40 Å². The number of fused-ring (bicyclic) bond motifs is 6. The van der Waals surface area contributed by atoms with Crippen molar-refractivity contribution >= 4 is 62.5 Å². The molecule has 11 rings (SSSR count). The summed E-state index contributed by atoms with van der Waals surface area (Å²) >= 11 is 0. The molecule has 10 aromatic rings. The summed E-state index contributed by atoms with van der Waals surface area (Å²) in [6.45, 7) is 2.26. The molecular formula is C54H41BN3O. The highest BCUT2D eigenvalue weighted by molar-refractivity contribution is 6.74. The van der Waals surface area contributed by atoms with Gasteiger partial charge >= 0.3 is 0 Å². The van der Waals surface area contributed by atoms with Crippen LogP contribution in [0.25, 0.3) is 83.4 Å². The van der Waals surface area contributed by atoms with Crippen LogP contribution in [0.3, 0.4) is 0 Å². The molecule has 0 aliphatic carbocycles. The van der Waals surface area contributed by atoms with Gasteiger partial charge in [0.25, 0.3) is 0 Å². The number of anilines is 2. The molecule has 281 valence electrons. The van der Waals surface area contributed by atoms with Crippen molar-refractivity contribution in [1.29, 1.82) is 0 Å². The number of nitrogens with one attached hydrogen (secondary N) is 1. The van der Waals surface area contributed by atoms with E-state index in [2.05, 4.69) is 170 Å². The van der Waals surface area contributed by atoms with Gasteiger partial charge in [-0.2, -0.15) is 0 Å². The lowest BCUT2D eigenvalue weighted by molar-refractivity contribution is 0.619. The summed E-state index contributed by atoms with van der Waals surface area (Å²) in [5, 5.41) is 6.28. The van der Waals surface area contributed by atoms with Gasteiger partial charge in [0.1, 0.15) is 5.52 Å². The predicted molar refractivity (Wildman–Crippen MR) is 248 cm³/mol. The first-order valence-corrected chi connectivity index (χ1v) is 20.8. The zero-order chi connectivity index (χ0) is 39.3. The number of unbranched alkanes of at least 4 members (excludes halogenated alkanes) is 2. The molecule has 0 spiro atoms. The van der Waals surface area contributed by atoms with Gasteiger partial charge in [-0.25, -0.2) is 4.98 Å². The number of hydrogen-bond donors (Lipinski definition) is 1. The minimum absolute atomic E-state index is 0.623. The van der Waals surface area contributed by atoms with E-state index >= 15 is 0 Å². The van der Waals surface area contributed by atoms with E-state index in [1.54, 1.807) is 0 Å². The van der Waals surface area contributed by atoms with Crippen molar-refractivity contribution in [1.82, 2.24) is 9.55 Å². The average molecular weight is 759 g/mol. The lowest BCUT2D eigenvalue weighted by atomic mass is 9.58. The molecule has 4 nitrogen and oxygen atoms in total. The van der Waals surface area contributed by atoms with Gasteiger partial charge in [-0.3, -0.25) is 0 Å². The first-order valence-electron chi connectivity index (χ1n) is 20.8. The second kappa shape index (κ2) is 14.7. The van der Waals surface area contributed by atoms with Crippen LogP contribution in [0.4, 0.5) is 11.4 Å². The molecule has 1 radical (unpaired) electrons. The monoisotopic (exact) mass is 758 g/mol. The van der Waals surface area contributed by atoms with E-state index in [1.165, 1.54) is 68.8 Å². The number of para-hydroxylation sites is 2. The molecule has 8 aromatic carbocycles. The summed E-state index contributed by atoms with van der Waals surface area (Å²) in [5.41, 5.74) is 18.9. The number of oxazole rings is 1. The van der Waals surface area contributed by atoms with Crippen LogP contribution >= 0.6 is 0 Å². The standard InChI is InChI=1S/C54H41BN3O/c1-2-3-6-17-35-28-30-38(31-29-35)56-46-26-15-13-24-41(46)44-32-43(40-23-12-11-22-39(40)36-18-7-4-8-19-36)51-42-25-14-16-27-48(42)58-49-34-50-47(33-45(49)55-52(44)53(51)58)57-54(59-50)37-20-9-5-10-21-37/h4-5,7-16,18-34,56H,2-3,6,17H2,1H3. The molecule has 1 aliphatic rings. The Morgan fingerprint density at radius 1 is 0.610 bits per heavy atom. The Morgan fingerprint density at radius 2 is 1.31 bits per heavy atom. The van der Waals surface area contributed by atoms with Crippen LogP contribution in [-0.2, 0) is 6.42 Å². The van der Waals surface area contributed by atoms with Crippen LogP contribution in [0.15, 0.2) is 180 Å². The third-order valence-corrected chi connectivity index (χ3v) is 11.9. The maximum absolute atomic E-state index is 6.50. The van der Waals surface area contributed by atoms with Crippen LogP contribution < -0.4 is 16.2 Å². The lowest BCUT2D eigenvalue weighted by Gasteiger charge is -2.25. The molecule has 0 unspecified atom stereocenters. The predicted octanol–water partition coefficient (Wildman–Crippen LogP) is 13.0. The minimum Gasteiger partial charge on any atom is -0.436 e. The van der Waals surface area contributed by atoms with Crippen molar-refractivity contribution in [3.05, 3.63) is 181 Å². The first kappa shape index (κ1) is 35.1. The Labute approximate surface area is 345 Å². The molecule has 3 heterocycles. The van der Waals surface area contributed by atoms with Crippen LogP contribution in [-0.4, -0.2) is 16.8 Å². The summed E-state index contributed by atoms with van der Waals surface area (Å²) in [4.78, 5) is 5.00. The van der Waals surface area contributed by atoms with Gasteiger partial charge in [-0.15, -0.1) is 0 Å². The fourth-order valence-corrected chi connectivity index (χ4v) is 9.07. The molecule has 2 aromatic heterocycles. The first-order chi connectivity index (χ1) is 29.2. The van der Waals surface area contributed by atoms with E-state index in [0.29, 0.717) is 5.89 Å². The van der Waals surface area contributed by atoms with Crippen molar-refractivity contribution in [2.45, 2.75) is 32.6 Å². The van der Waals surface area contributed by atoms with Gasteiger partial charge in [0.05, 0.1) is 5.52 Å². The molecule has 1 N–H and O–H groups in total. The van der Waals surface area contributed by atoms with E-state index in [-0.39, 0.29) is 0 Å². The van der Waals surface area contributed by atoms with Crippen molar-refractivity contribution in [2.75, 3.05) is 5.32 Å². The minimum atomic E-state index is 0.623. The molecule has 1 aliphatic heterocycles. The maximum atomic E-state index is 6.50. The molecular weight excluding hydrogens is 717 g/mol. The van der Waals surface area contributed by atoms with Crippen LogP contribution in [0.1, 0.15) is 31.7 Å². The number of aryl methyl sites for hydroxylation is 1. The number of rotatable bonds is 10. The fraction of sp³-hybridized carbons (Fsp3) is 0.0926. The Kier molecular flexibility index (Phi) is 8.73. The van der Waals surface area contributed by atoms with Gasteiger partial charge in [-0.05, 0) is 100 Å². The zero-order valence-electron chi connectivity index (χ0n) is 33.0. The topological polar surface area (TPSA) is 43.0 Å². The highest BCUT2D eigenvalue weighted by Gasteiger charge is 2.30. The summed E-state index contributed by atoms with van der Waals surface area (Å²) in [7, 11) is 2.37. The van der Waals surface area contributed by atoms with Gasteiger partial charge in [0.15, 0.2) is 12.9 Å². The van der Waals surface area contributed by atoms with Gasteiger partial charge in [0.2, 0.25) is 5.89 Å². The average Bonchev–Trinajstić information content (AvgIpc) is 3.87. The van der Waals surface area contributed by atoms with E-state index in [9.17, 15) is 0 Å². The number of benzene rings is 8. The van der Waals surface area contributed by atoms with Gasteiger partial charge < -0.3 is 14.3 Å². The smallest absolute Gasteiger partial charge is 0.227 e. The molecule has 59 heavy (non-hydrogen) atoms. The molecule has 0 saturated heterocycles. The summed E-state index contributed by atoms with van der Waals surface area (Å²) in [5.74, 6) is 0.623. The van der Waals surface area contributed by atoms with Crippen molar-refractivity contribution in [3.8, 4) is 50.5 Å². The SMILES string of the molecule is CCCCCc1ccc(Nc2ccccc2-c2cc(-c3ccccc3-c3ccccc3)c3c4ccccc4n4c3c2[B]c2cc3nc(-c5ccccc5)oc3cc2-4)cc1. The third kappa shape index (κ3) is 6.13. The molecule has 0 saturated carbocycles. The Balaban J connectivity index is 1.17. The normalized spacial score (nSPS) is 11.9. The van der Waals surface area contributed by atoms with E-state index < -0.39 is 0 Å². The number of aromatic nitrogens is 2. The van der Waals surface area contributed by atoms with E-state index in [1.807, 2.05) is 30.3 Å². The third-order valence-electron chi connectivity index (χ3n) is 11.9. The van der Waals surface area contributed by atoms with E-state index in [0.717, 1.165) is 62.3 Å². The van der Waals surface area contributed by atoms with Crippen LogP contribution in [0.2, 0.25) is 0 Å². The second-order valence-electron chi connectivity index (χ2n) is 15.6. The number of nitrogens with zero attached hydrogens (tertiary/aromatic N) is 2. The summed E-state index contributed by atoms with van der Waals surface area (Å²) in [6, 6.07) is 63.1. The fourth-order valence-electron chi connectivity index (χ4n) is 9.07. The van der Waals surface area contributed by atoms with Gasteiger partial charge in [0, 0.05) is 50.5 Å². The number of hydrogen-bond acceptors (Lipinski definition) is 3. The summed E-state index contributed by atoms with van der Waals surface area (Å²) < 4.78 is 8.96. The molecule has 0 amide bonds. The molecule has 0 fully saturated rings. The largest absolute Gasteiger partial charge is 0.436 e. The van der Waals surface area contributed by atoms with Crippen molar-refractivity contribution < 1.29 is 4.42 Å².